The minimum atomic E-state index is 0.942. The maximum Gasteiger partial charge on any atom is 0.188 e. The average molecular weight is 211 g/mol. The van der Waals surface area contributed by atoms with Gasteiger partial charge in [0, 0.05) is 0 Å². The lowest BCUT2D eigenvalue weighted by atomic mass is 9.92. The van der Waals surface area contributed by atoms with Gasteiger partial charge in [-0.1, -0.05) is 33.5 Å². The predicted octanol–water partition coefficient (Wildman–Crippen LogP) is 4.24. The van der Waals surface area contributed by atoms with Gasteiger partial charge in [0.25, 0.3) is 0 Å². The van der Waals surface area contributed by atoms with Gasteiger partial charge in [0.15, 0.2) is 6.56 Å². The van der Waals surface area contributed by atoms with Gasteiger partial charge >= 0.3 is 0 Å². The van der Waals surface area contributed by atoms with Crippen LogP contribution < -0.4 is 0 Å². The molecule has 1 aliphatic carbocycles. The van der Waals surface area contributed by atoms with E-state index in [9.17, 15) is 0 Å². The van der Waals surface area contributed by atoms with Crippen molar-refractivity contribution in [2.45, 2.75) is 52.8 Å². The fourth-order valence-electron chi connectivity index (χ4n) is 2.61. The molecule has 0 saturated heterocycles. The maximum atomic E-state index is 2.43. The van der Waals surface area contributed by atoms with E-state index in [1.807, 2.05) is 11.6 Å². The zero-order valence-electron chi connectivity index (χ0n) is 9.96. The predicted molar refractivity (Wildman–Crippen MR) is 69.0 cm³/mol. The Balaban J connectivity index is 2.05. The van der Waals surface area contributed by atoms with Crippen LogP contribution >= 0.6 is 11.6 Å². The lowest BCUT2D eigenvalue weighted by Gasteiger charge is -2.16. The molecule has 0 aromatic heterocycles. The molecule has 0 amide bonds. The first-order chi connectivity index (χ1) is 6.72. The second-order valence-electron chi connectivity index (χ2n) is 5.02. The summed E-state index contributed by atoms with van der Waals surface area (Å²) in [4.78, 5) is 0. The van der Waals surface area contributed by atoms with E-state index in [1.165, 1.54) is 37.9 Å². The Morgan fingerprint density at radius 3 is 2.79 bits per heavy atom. The summed E-state index contributed by atoms with van der Waals surface area (Å²) in [6.07, 6.45) is 7.36. The van der Waals surface area contributed by atoms with Gasteiger partial charge in [-0.2, -0.15) is 0 Å². The second-order valence-corrected chi connectivity index (χ2v) is 6.23. The first kappa shape index (κ1) is 12.5. The van der Waals surface area contributed by atoms with Crippen molar-refractivity contribution in [3.05, 3.63) is 0 Å². The van der Waals surface area contributed by atoms with Gasteiger partial charge in [0.2, 0.25) is 0 Å². The molecule has 2 heteroatoms. The maximum absolute atomic E-state index is 2.43. The molecular formula is C12H24BS. The zero-order chi connectivity index (χ0) is 10.4. The van der Waals surface area contributed by atoms with E-state index in [4.69, 9.17) is 0 Å². The Hall–Kier alpha value is 0.415. The molecule has 3 unspecified atom stereocenters. The Labute approximate surface area is 94.8 Å². The third-order valence-electron chi connectivity index (χ3n) is 3.43. The van der Waals surface area contributed by atoms with Gasteiger partial charge in [-0.3, -0.25) is 0 Å². The summed E-state index contributed by atoms with van der Waals surface area (Å²) < 4.78 is 0. The highest BCUT2D eigenvalue weighted by Crippen LogP contribution is 2.35. The third kappa shape index (κ3) is 4.77. The summed E-state index contributed by atoms with van der Waals surface area (Å²) in [6.45, 7) is 9.18. The molecule has 0 N–H and O–H groups in total. The molecule has 3 atom stereocenters. The largest absolute Gasteiger partial charge is 0.218 e. The van der Waals surface area contributed by atoms with E-state index in [-0.39, 0.29) is 0 Å². The van der Waals surface area contributed by atoms with Crippen LogP contribution in [0.5, 0.6) is 0 Å². The van der Waals surface area contributed by atoms with Crippen LogP contribution in [-0.2, 0) is 0 Å². The number of hydrogen-bond donors (Lipinski definition) is 0. The van der Waals surface area contributed by atoms with Gasteiger partial charge < -0.3 is 0 Å². The monoisotopic (exact) mass is 211 g/mol. The van der Waals surface area contributed by atoms with Gasteiger partial charge in [-0.05, 0) is 42.8 Å². The third-order valence-corrected chi connectivity index (χ3v) is 4.24. The van der Waals surface area contributed by atoms with Gasteiger partial charge in [0.1, 0.15) is 0 Å². The fourth-order valence-corrected chi connectivity index (χ4v) is 3.39. The van der Waals surface area contributed by atoms with Gasteiger partial charge in [-0.25, -0.2) is 11.6 Å². The van der Waals surface area contributed by atoms with E-state index in [0.29, 0.717) is 0 Å². The molecule has 1 radical (unpaired) electrons. The van der Waals surface area contributed by atoms with Crippen molar-refractivity contribution < 1.29 is 0 Å². The normalized spacial score (nSPS) is 29.1. The van der Waals surface area contributed by atoms with Crippen LogP contribution in [-0.4, -0.2) is 12.3 Å². The highest BCUT2D eigenvalue weighted by molar-refractivity contribution is 8.22. The Kier molecular flexibility index (Phi) is 6.08. The van der Waals surface area contributed by atoms with Crippen molar-refractivity contribution in [3.8, 4) is 0 Å². The molecule has 1 fully saturated rings. The molecule has 1 saturated carbocycles. The van der Waals surface area contributed by atoms with Crippen LogP contribution in [0.15, 0.2) is 0 Å². The molecule has 0 aromatic rings. The standard InChI is InChI=1S/C12H24BS/c1-10-4-5-12(8-10)9-11(2)6-7-14-13-3/h10-12H,4-9H2,1-3H3. The zero-order valence-corrected chi connectivity index (χ0v) is 10.8. The quantitative estimate of drug-likeness (QED) is 0.467. The molecule has 0 aliphatic heterocycles. The van der Waals surface area contributed by atoms with E-state index in [2.05, 4.69) is 27.2 Å². The highest BCUT2D eigenvalue weighted by atomic mass is 32.2. The van der Waals surface area contributed by atoms with E-state index in [0.717, 1.165) is 17.8 Å². The first-order valence-corrected chi connectivity index (χ1v) is 7.16. The van der Waals surface area contributed by atoms with Crippen LogP contribution in [0.4, 0.5) is 0 Å². The first-order valence-electron chi connectivity index (χ1n) is 6.11. The van der Waals surface area contributed by atoms with Crippen LogP contribution in [0.25, 0.3) is 0 Å². The molecule has 81 valence electrons. The van der Waals surface area contributed by atoms with Crippen LogP contribution in [0.2, 0.25) is 6.82 Å². The number of rotatable bonds is 6. The smallest absolute Gasteiger partial charge is 0.188 e. The Morgan fingerprint density at radius 2 is 2.21 bits per heavy atom. The van der Waals surface area contributed by atoms with Gasteiger partial charge in [-0.15, -0.1) is 0 Å². The summed E-state index contributed by atoms with van der Waals surface area (Å²) >= 11 is 1.97. The summed E-state index contributed by atoms with van der Waals surface area (Å²) in [5.74, 6) is 4.32. The molecule has 0 bridgehead atoms. The van der Waals surface area contributed by atoms with Crippen molar-refractivity contribution in [1.29, 1.82) is 0 Å². The molecule has 1 aliphatic rings. The van der Waals surface area contributed by atoms with Crippen molar-refractivity contribution in [2.24, 2.45) is 17.8 Å². The Bertz CT molecular complexity index is 149. The molecular weight excluding hydrogens is 187 g/mol. The van der Waals surface area contributed by atoms with Crippen molar-refractivity contribution in [1.82, 2.24) is 0 Å². The van der Waals surface area contributed by atoms with Crippen molar-refractivity contribution in [2.75, 3.05) is 5.75 Å². The topological polar surface area (TPSA) is 0 Å². The van der Waals surface area contributed by atoms with Crippen LogP contribution in [0.1, 0.15) is 46.0 Å². The Morgan fingerprint density at radius 1 is 1.43 bits per heavy atom. The van der Waals surface area contributed by atoms with Crippen molar-refractivity contribution in [3.63, 3.8) is 0 Å². The summed E-state index contributed by atoms with van der Waals surface area (Å²) in [7, 11) is 0. The SMILES string of the molecule is C[B]SCCC(C)CC1CCC(C)C1. The minimum Gasteiger partial charge on any atom is -0.218 e. The van der Waals surface area contributed by atoms with E-state index >= 15 is 0 Å². The molecule has 14 heavy (non-hydrogen) atoms. The highest BCUT2D eigenvalue weighted by Gasteiger charge is 2.22. The molecule has 0 aromatic carbocycles. The molecule has 1 rings (SSSR count). The van der Waals surface area contributed by atoms with Crippen LogP contribution in [0, 0.1) is 17.8 Å². The van der Waals surface area contributed by atoms with E-state index < -0.39 is 0 Å². The molecule has 0 heterocycles. The fraction of sp³-hybridized carbons (Fsp3) is 1.00. The van der Waals surface area contributed by atoms with Crippen molar-refractivity contribution >= 4 is 18.2 Å². The second kappa shape index (κ2) is 6.82. The van der Waals surface area contributed by atoms with Gasteiger partial charge in [0.05, 0.1) is 0 Å². The lowest BCUT2D eigenvalue weighted by molar-refractivity contribution is 0.383. The summed E-state index contributed by atoms with van der Waals surface area (Å²) in [6, 6.07) is 0. The lowest BCUT2D eigenvalue weighted by Crippen LogP contribution is -2.04. The van der Waals surface area contributed by atoms with E-state index in [1.54, 1.807) is 0 Å². The van der Waals surface area contributed by atoms with Crippen LogP contribution in [0.3, 0.4) is 0 Å². The molecule has 0 nitrogen and oxygen atoms in total. The average Bonchev–Trinajstić information content (AvgIpc) is 2.52. The summed E-state index contributed by atoms with van der Waals surface area (Å²) in [5, 5.41) is 0. The molecule has 0 spiro atoms. The number of hydrogen-bond acceptors (Lipinski definition) is 1. The minimum absolute atomic E-state index is 0.942. The summed E-state index contributed by atoms with van der Waals surface area (Å²) in [5.41, 5.74) is 0.